The maximum absolute atomic E-state index is 13.0. The minimum Gasteiger partial charge on any atom is -0.497 e. The summed E-state index contributed by atoms with van der Waals surface area (Å²) in [6.07, 6.45) is 4.36. The van der Waals surface area contributed by atoms with Gasteiger partial charge in [0.15, 0.2) is 0 Å². The molecule has 9 heteroatoms. The van der Waals surface area contributed by atoms with Crippen molar-refractivity contribution >= 4 is 29.2 Å². The van der Waals surface area contributed by atoms with E-state index in [-0.39, 0.29) is 17.9 Å². The van der Waals surface area contributed by atoms with Gasteiger partial charge in [-0.3, -0.25) is 9.59 Å². The first-order valence-electron chi connectivity index (χ1n) is 12.3. The maximum Gasteiger partial charge on any atom is 0.321 e. The Morgan fingerprint density at radius 1 is 0.806 bits per heavy atom. The molecular formula is C27H36N4O5. The second-order valence-corrected chi connectivity index (χ2v) is 9.19. The standard InChI is InChI=1S/C27H36N4O5/c1-18(2)24(30-25(32)19-15-22(35-3)17-23(16-19)36-4)26(33)28-20-9-11-21(12-10-20)29-27(34)31-13-7-5-6-8-14-31/h9-12,15-18,24H,5-8,13-14H2,1-4H3,(H,28,33)(H,29,34)(H,30,32)/t24-/m1/s1. The van der Waals surface area contributed by atoms with E-state index in [0.29, 0.717) is 28.4 Å². The number of amides is 4. The van der Waals surface area contributed by atoms with E-state index in [1.165, 1.54) is 14.2 Å². The average Bonchev–Trinajstić information content (AvgIpc) is 3.17. The molecule has 194 valence electrons. The van der Waals surface area contributed by atoms with Crippen LogP contribution in [0.25, 0.3) is 0 Å². The number of likely N-dealkylation sites (tertiary alicyclic amines) is 1. The second-order valence-electron chi connectivity index (χ2n) is 9.19. The molecule has 0 saturated carbocycles. The number of methoxy groups -OCH3 is 2. The number of rotatable bonds is 8. The van der Waals surface area contributed by atoms with E-state index in [1.807, 2.05) is 18.7 Å². The van der Waals surface area contributed by atoms with Gasteiger partial charge in [0.2, 0.25) is 5.91 Å². The van der Waals surface area contributed by atoms with Crippen LogP contribution in [0.5, 0.6) is 11.5 Å². The normalized spacial score (nSPS) is 14.4. The summed E-state index contributed by atoms with van der Waals surface area (Å²) in [5.41, 5.74) is 1.55. The van der Waals surface area contributed by atoms with E-state index in [2.05, 4.69) is 16.0 Å². The van der Waals surface area contributed by atoms with Crippen molar-refractivity contribution in [2.45, 2.75) is 45.6 Å². The van der Waals surface area contributed by atoms with Gasteiger partial charge in [-0.25, -0.2) is 4.79 Å². The topological polar surface area (TPSA) is 109 Å². The second kappa shape index (κ2) is 12.8. The molecule has 2 aromatic rings. The molecule has 4 amide bonds. The van der Waals surface area contributed by atoms with Crippen molar-refractivity contribution < 1.29 is 23.9 Å². The molecule has 1 aliphatic rings. The minimum atomic E-state index is -0.767. The number of carbonyl (C=O) groups is 3. The van der Waals surface area contributed by atoms with Gasteiger partial charge in [-0.15, -0.1) is 0 Å². The van der Waals surface area contributed by atoms with Gasteiger partial charge in [-0.05, 0) is 55.2 Å². The number of nitrogens with one attached hydrogen (secondary N) is 3. The molecule has 1 atom stereocenters. The van der Waals surface area contributed by atoms with Crippen LogP contribution < -0.4 is 25.4 Å². The maximum atomic E-state index is 13.0. The number of hydrogen-bond donors (Lipinski definition) is 3. The van der Waals surface area contributed by atoms with Gasteiger partial charge in [0.05, 0.1) is 14.2 Å². The first-order chi connectivity index (χ1) is 17.3. The van der Waals surface area contributed by atoms with Crippen LogP contribution in [0.4, 0.5) is 16.2 Å². The van der Waals surface area contributed by atoms with Gasteiger partial charge in [-0.2, -0.15) is 0 Å². The number of urea groups is 1. The Kier molecular flexibility index (Phi) is 9.55. The summed E-state index contributed by atoms with van der Waals surface area (Å²) in [7, 11) is 3.01. The van der Waals surface area contributed by atoms with Crippen LogP contribution in [0.3, 0.4) is 0 Å². The number of benzene rings is 2. The Hall–Kier alpha value is -3.75. The fourth-order valence-corrected chi connectivity index (χ4v) is 4.03. The van der Waals surface area contributed by atoms with Crippen molar-refractivity contribution in [1.29, 1.82) is 0 Å². The average molecular weight is 497 g/mol. The summed E-state index contributed by atoms with van der Waals surface area (Å²) in [5.74, 6) is 0.0527. The molecule has 36 heavy (non-hydrogen) atoms. The molecule has 2 aromatic carbocycles. The third-order valence-corrected chi connectivity index (χ3v) is 6.15. The number of ether oxygens (including phenoxy) is 2. The molecule has 0 unspecified atom stereocenters. The lowest BCUT2D eigenvalue weighted by Gasteiger charge is -2.22. The van der Waals surface area contributed by atoms with Gasteiger partial charge in [0.1, 0.15) is 17.5 Å². The fourth-order valence-electron chi connectivity index (χ4n) is 4.03. The molecule has 0 spiro atoms. The number of nitrogens with zero attached hydrogens (tertiary/aromatic N) is 1. The zero-order chi connectivity index (χ0) is 26.1. The van der Waals surface area contributed by atoms with Crippen LogP contribution in [0.1, 0.15) is 49.9 Å². The molecule has 3 N–H and O–H groups in total. The minimum absolute atomic E-state index is 0.106. The Morgan fingerprint density at radius 3 is 1.83 bits per heavy atom. The first kappa shape index (κ1) is 26.8. The highest BCUT2D eigenvalue weighted by Crippen LogP contribution is 2.23. The van der Waals surface area contributed by atoms with Crippen molar-refractivity contribution in [2.24, 2.45) is 5.92 Å². The van der Waals surface area contributed by atoms with Gasteiger partial charge in [-0.1, -0.05) is 26.7 Å². The van der Waals surface area contributed by atoms with Crippen LogP contribution >= 0.6 is 0 Å². The van der Waals surface area contributed by atoms with E-state index in [1.54, 1.807) is 42.5 Å². The highest BCUT2D eigenvalue weighted by Gasteiger charge is 2.25. The zero-order valence-corrected chi connectivity index (χ0v) is 21.4. The molecule has 1 saturated heterocycles. The van der Waals surface area contributed by atoms with Crippen molar-refractivity contribution in [3.8, 4) is 11.5 Å². The molecule has 1 fully saturated rings. The number of hydrogen-bond acceptors (Lipinski definition) is 5. The Bertz CT molecular complexity index is 1020. The monoisotopic (exact) mass is 496 g/mol. The third kappa shape index (κ3) is 7.37. The lowest BCUT2D eigenvalue weighted by atomic mass is 10.0. The molecule has 0 aliphatic carbocycles. The molecular weight excluding hydrogens is 460 g/mol. The predicted molar refractivity (Wildman–Crippen MR) is 140 cm³/mol. The van der Waals surface area contributed by atoms with E-state index in [4.69, 9.17) is 9.47 Å². The van der Waals surface area contributed by atoms with Crippen LogP contribution in [-0.4, -0.2) is 56.1 Å². The Morgan fingerprint density at radius 2 is 1.33 bits per heavy atom. The lowest BCUT2D eigenvalue weighted by Crippen LogP contribution is -2.47. The summed E-state index contributed by atoms with van der Waals surface area (Å²) in [5, 5.41) is 8.58. The molecule has 3 rings (SSSR count). The molecule has 1 aliphatic heterocycles. The highest BCUT2D eigenvalue weighted by molar-refractivity contribution is 6.01. The lowest BCUT2D eigenvalue weighted by molar-refractivity contribution is -0.118. The Labute approximate surface area is 212 Å². The summed E-state index contributed by atoms with van der Waals surface area (Å²) in [6, 6.07) is 10.9. The van der Waals surface area contributed by atoms with Crippen LogP contribution in [-0.2, 0) is 4.79 Å². The van der Waals surface area contributed by atoms with E-state index in [0.717, 1.165) is 38.8 Å². The van der Waals surface area contributed by atoms with Crippen LogP contribution in [0.15, 0.2) is 42.5 Å². The number of carbonyl (C=O) groups excluding carboxylic acids is 3. The molecule has 0 aromatic heterocycles. The van der Waals surface area contributed by atoms with E-state index in [9.17, 15) is 14.4 Å². The van der Waals surface area contributed by atoms with Crippen molar-refractivity contribution in [3.05, 3.63) is 48.0 Å². The first-order valence-corrected chi connectivity index (χ1v) is 12.3. The van der Waals surface area contributed by atoms with Crippen LogP contribution in [0.2, 0.25) is 0 Å². The predicted octanol–water partition coefficient (Wildman–Crippen LogP) is 4.50. The van der Waals surface area contributed by atoms with Gasteiger partial charge in [0.25, 0.3) is 5.91 Å². The fraction of sp³-hybridized carbons (Fsp3) is 0.444. The zero-order valence-electron chi connectivity index (χ0n) is 21.4. The largest absolute Gasteiger partial charge is 0.497 e. The number of anilines is 2. The SMILES string of the molecule is COc1cc(OC)cc(C(=O)N[C@@H](C(=O)Nc2ccc(NC(=O)N3CCCCCC3)cc2)C(C)C)c1. The molecule has 1 heterocycles. The van der Waals surface area contributed by atoms with Crippen molar-refractivity contribution in [2.75, 3.05) is 37.9 Å². The third-order valence-electron chi connectivity index (χ3n) is 6.15. The summed E-state index contributed by atoms with van der Waals surface area (Å²) in [4.78, 5) is 40.3. The summed E-state index contributed by atoms with van der Waals surface area (Å²) >= 11 is 0. The van der Waals surface area contributed by atoms with E-state index >= 15 is 0 Å². The van der Waals surface area contributed by atoms with Gasteiger partial charge < -0.3 is 30.3 Å². The van der Waals surface area contributed by atoms with Crippen molar-refractivity contribution in [1.82, 2.24) is 10.2 Å². The Balaban J connectivity index is 1.61. The highest BCUT2D eigenvalue weighted by atomic mass is 16.5. The van der Waals surface area contributed by atoms with Crippen molar-refractivity contribution in [3.63, 3.8) is 0 Å². The molecule has 0 radical (unpaired) electrons. The van der Waals surface area contributed by atoms with Crippen LogP contribution in [0, 0.1) is 5.92 Å². The summed E-state index contributed by atoms with van der Waals surface area (Å²) < 4.78 is 10.5. The van der Waals surface area contributed by atoms with Gasteiger partial charge >= 0.3 is 6.03 Å². The summed E-state index contributed by atoms with van der Waals surface area (Å²) in [6.45, 7) is 5.26. The van der Waals surface area contributed by atoms with Gasteiger partial charge in [0, 0.05) is 36.1 Å². The molecule has 0 bridgehead atoms. The smallest absolute Gasteiger partial charge is 0.321 e. The van der Waals surface area contributed by atoms with E-state index < -0.39 is 11.9 Å². The quantitative estimate of drug-likeness (QED) is 0.498. The molecule has 9 nitrogen and oxygen atoms in total.